The second-order valence-corrected chi connectivity index (χ2v) is 7.35. The number of nitrogens with one attached hydrogen (secondary N) is 1. The largest absolute Gasteiger partial charge is 0.341 e. The molecule has 0 spiro atoms. The maximum atomic E-state index is 5.75. The predicted octanol–water partition coefficient (Wildman–Crippen LogP) is 4.32. The van der Waals surface area contributed by atoms with Crippen LogP contribution in [0.1, 0.15) is 42.4 Å². The molecule has 0 bridgehead atoms. The molecule has 2 heterocycles. The van der Waals surface area contributed by atoms with Crippen molar-refractivity contribution in [3.05, 3.63) is 71.8 Å². The number of benzene rings is 1. The second kappa shape index (κ2) is 9.45. The fraction of sp³-hybridized carbons (Fsp3) is 0.364. The smallest absolute Gasteiger partial charge is 0.121 e. The number of pyridine rings is 1. The molecule has 28 heavy (non-hydrogen) atoms. The lowest BCUT2D eigenvalue weighted by Crippen LogP contribution is -2.33. The Morgan fingerprint density at radius 2 is 2.11 bits per heavy atom. The van der Waals surface area contributed by atoms with Crippen molar-refractivity contribution < 1.29 is 0 Å². The summed E-state index contributed by atoms with van der Waals surface area (Å²) in [5.74, 6) is 0.986. The van der Waals surface area contributed by atoms with E-state index in [9.17, 15) is 0 Å². The van der Waals surface area contributed by atoms with E-state index in [1.54, 1.807) is 0 Å². The number of aromatic amines is 1. The molecule has 148 valence electrons. The minimum atomic E-state index is 0. The number of aryl methyl sites for hydroxylation is 1. The van der Waals surface area contributed by atoms with E-state index in [2.05, 4.69) is 28.6 Å². The van der Waals surface area contributed by atoms with E-state index in [0.29, 0.717) is 6.54 Å². The topological polar surface area (TPSA) is 70.8 Å². The SMILES string of the molecule is Br.C=C(CCN)CN(Cc1nc2ccccc2[nH]1)C1CCCc2cccnc21. The first-order valence-electron chi connectivity index (χ1n) is 9.73. The van der Waals surface area contributed by atoms with Crippen LogP contribution < -0.4 is 5.73 Å². The van der Waals surface area contributed by atoms with Crippen LogP contribution in [0, 0.1) is 0 Å². The number of hydrogen-bond donors (Lipinski definition) is 2. The van der Waals surface area contributed by atoms with Crippen molar-refractivity contribution >= 4 is 28.0 Å². The Morgan fingerprint density at radius 3 is 2.93 bits per heavy atom. The first-order chi connectivity index (χ1) is 13.2. The van der Waals surface area contributed by atoms with Crippen molar-refractivity contribution in [2.24, 2.45) is 5.73 Å². The summed E-state index contributed by atoms with van der Waals surface area (Å²) in [6.45, 7) is 6.45. The standard InChI is InChI=1S/C22H27N5.BrH/c1-16(11-12-23)14-27(15-21-25-18-8-2-3-9-19(18)26-21)20-10-4-6-17-7-5-13-24-22(17)20;/h2-3,5,7-9,13,20H,1,4,6,10-12,14-15,23H2,(H,25,26);1H. The molecule has 1 aliphatic carbocycles. The minimum absolute atomic E-state index is 0. The van der Waals surface area contributed by atoms with Crippen LogP contribution >= 0.6 is 17.0 Å². The number of hydrogen-bond acceptors (Lipinski definition) is 4. The van der Waals surface area contributed by atoms with Crippen LogP contribution in [0.3, 0.4) is 0 Å². The van der Waals surface area contributed by atoms with Crippen molar-refractivity contribution in [2.75, 3.05) is 13.1 Å². The number of nitrogens with two attached hydrogens (primary N) is 1. The monoisotopic (exact) mass is 441 g/mol. The number of para-hydroxylation sites is 2. The van der Waals surface area contributed by atoms with Gasteiger partial charge in [-0.2, -0.15) is 0 Å². The highest BCUT2D eigenvalue weighted by Crippen LogP contribution is 2.34. The molecule has 2 aromatic heterocycles. The highest BCUT2D eigenvalue weighted by atomic mass is 79.9. The van der Waals surface area contributed by atoms with Gasteiger partial charge in [-0.3, -0.25) is 9.88 Å². The van der Waals surface area contributed by atoms with E-state index in [1.165, 1.54) is 17.7 Å². The third-order valence-electron chi connectivity index (χ3n) is 5.32. The summed E-state index contributed by atoms with van der Waals surface area (Å²) in [5, 5.41) is 0. The van der Waals surface area contributed by atoms with E-state index in [-0.39, 0.29) is 23.0 Å². The molecule has 0 amide bonds. The molecule has 0 fully saturated rings. The second-order valence-electron chi connectivity index (χ2n) is 7.35. The Morgan fingerprint density at radius 1 is 1.25 bits per heavy atom. The lowest BCUT2D eigenvalue weighted by molar-refractivity contribution is 0.176. The van der Waals surface area contributed by atoms with Gasteiger partial charge in [0, 0.05) is 12.7 Å². The minimum Gasteiger partial charge on any atom is -0.341 e. The summed E-state index contributed by atoms with van der Waals surface area (Å²) in [7, 11) is 0. The molecule has 5 nitrogen and oxygen atoms in total. The van der Waals surface area contributed by atoms with Crippen molar-refractivity contribution in [2.45, 2.75) is 38.3 Å². The van der Waals surface area contributed by atoms with E-state index < -0.39 is 0 Å². The van der Waals surface area contributed by atoms with Gasteiger partial charge < -0.3 is 10.7 Å². The fourth-order valence-electron chi connectivity index (χ4n) is 4.06. The number of rotatable bonds is 7. The summed E-state index contributed by atoms with van der Waals surface area (Å²) in [6, 6.07) is 12.7. The molecule has 1 aromatic carbocycles. The van der Waals surface area contributed by atoms with Gasteiger partial charge in [0.15, 0.2) is 0 Å². The van der Waals surface area contributed by atoms with Crippen LogP contribution in [-0.4, -0.2) is 32.9 Å². The molecular weight excluding hydrogens is 414 g/mol. The number of nitrogens with zero attached hydrogens (tertiary/aromatic N) is 3. The van der Waals surface area contributed by atoms with Crippen molar-refractivity contribution in [3.8, 4) is 0 Å². The van der Waals surface area contributed by atoms with Crippen LogP contribution in [-0.2, 0) is 13.0 Å². The zero-order valence-electron chi connectivity index (χ0n) is 16.1. The normalized spacial score (nSPS) is 16.0. The van der Waals surface area contributed by atoms with E-state index >= 15 is 0 Å². The van der Waals surface area contributed by atoms with Gasteiger partial charge in [0.05, 0.1) is 29.3 Å². The van der Waals surface area contributed by atoms with Gasteiger partial charge in [0.1, 0.15) is 5.82 Å². The number of aromatic nitrogens is 3. The summed E-state index contributed by atoms with van der Waals surface area (Å²) in [4.78, 5) is 15.4. The number of halogens is 1. The Bertz CT molecular complexity index is 902. The highest BCUT2D eigenvalue weighted by molar-refractivity contribution is 8.93. The van der Waals surface area contributed by atoms with Crippen LogP contribution in [0.2, 0.25) is 0 Å². The Labute approximate surface area is 176 Å². The van der Waals surface area contributed by atoms with Gasteiger partial charge in [0.25, 0.3) is 0 Å². The lowest BCUT2D eigenvalue weighted by atomic mass is 9.90. The lowest BCUT2D eigenvalue weighted by Gasteiger charge is -2.35. The molecule has 3 aromatic rings. The Kier molecular flexibility index (Phi) is 6.99. The Hall–Kier alpha value is -2.02. The van der Waals surface area contributed by atoms with Crippen LogP contribution in [0.25, 0.3) is 11.0 Å². The number of H-pyrrole nitrogens is 1. The highest BCUT2D eigenvalue weighted by Gasteiger charge is 2.28. The maximum absolute atomic E-state index is 5.75. The summed E-state index contributed by atoms with van der Waals surface area (Å²) < 4.78 is 0. The zero-order valence-corrected chi connectivity index (χ0v) is 17.8. The average Bonchev–Trinajstić information content (AvgIpc) is 3.09. The number of fused-ring (bicyclic) bond motifs is 2. The van der Waals surface area contributed by atoms with Gasteiger partial charge in [-0.25, -0.2) is 4.98 Å². The van der Waals surface area contributed by atoms with Crippen molar-refractivity contribution in [1.29, 1.82) is 0 Å². The summed E-state index contributed by atoms with van der Waals surface area (Å²) in [5.41, 5.74) is 11.6. The van der Waals surface area contributed by atoms with Gasteiger partial charge >= 0.3 is 0 Å². The molecule has 3 N–H and O–H groups in total. The molecule has 0 aliphatic heterocycles. The zero-order chi connectivity index (χ0) is 18.6. The van der Waals surface area contributed by atoms with E-state index in [1.807, 2.05) is 30.5 Å². The van der Waals surface area contributed by atoms with Crippen LogP contribution in [0.15, 0.2) is 54.7 Å². The van der Waals surface area contributed by atoms with Gasteiger partial charge in [0.2, 0.25) is 0 Å². The third kappa shape index (κ3) is 4.51. The van der Waals surface area contributed by atoms with Crippen molar-refractivity contribution in [1.82, 2.24) is 19.9 Å². The quantitative estimate of drug-likeness (QED) is 0.535. The molecular formula is C22H28BrN5. The summed E-state index contributed by atoms with van der Waals surface area (Å²) >= 11 is 0. The average molecular weight is 442 g/mol. The molecule has 6 heteroatoms. The molecule has 0 radical (unpaired) electrons. The first-order valence-corrected chi connectivity index (χ1v) is 9.73. The Balaban J connectivity index is 0.00000225. The van der Waals surface area contributed by atoms with E-state index in [4.69, 9.17) is 15.7 Å². The molecule has 0 saturated heterocycles. The van der Waals surface area contributed by atoms with Gasteiger partial charge in [-0.1, -0.05) is 30.4 Å². The third-order valence-corrected chi connectivity index (χ3v) is 5.32. The van der Waals surface area contributed by atoms with Crippen LogP contribution in [0.4, 0.5) is 0 Å². The molecule has 0 saturated carbocycles. The summed E-state index contributed by atoms with van der Waals surface area (Å²) in [6.07, 6.45) is 6.16. The van der Waals surface area contributed by atoms with Gasteiger partial charge in [-0.15, -0.1) is 17.0 Å². The molecule has 1 unspecified atom stereocenters. The van der Waals surface area contributed by atoms with E-state index in [0.717, 1.165) is 54.8 Å². The molecule has 4 rings (SSSR count). The van der Waals surface area contributed by atoms with Crippen molar-refractivity contribution in [3.63, 3.8) is 0 Å². The van der Waals surface area contributed by atoms with Gasteiger partial charge in [-0.05, 0) is 56.0 Å². The molecule has 1 aliphatic rings. The predicted molar refractivity (Wildman–Crippen MR) is 120 cm³/mol. The van der Waals surface area contributed by atoms with Crippen LogP contribution in [0.5, 0.6) is 0 Å². The molecule has 1 atom stereocenters. The first kappa shape index (κ1) is 20.7. The fourth-order valence-corrected chi connectivity index (χ4v) is 4.06. The number of imidazole rings is 1. The maximum Gasteiger partial charge on any atom is 0.121 e.